The molecular weight excluding hydrogens is 400 g/mol. The largest absolute Gasteiger partial charge is 0.353 e. The highest BCUT2D eigenvalue weighted by Gasteiger charge is 2.24. The highest BCUT2D eigenvalue weighted by Crippen LogP contribution is 2.28. The number of carbonyl (C=O) groups is 1. The summed E-state index contributed by atoms with van der Waals surface area (Å²) in [5.74, 6) is 1.98. The van der Waals surface area contributed by atoms with Crippen LogP contribution in [0.2, 0.25) is 0 Å². The summed E-state index contributed by atoms with van der Waals surface area (Å²) in [6, 6.07) is 12.1. The molecule has 1 amide bonds. The van der Waals surface area contributed by atoms with Gasteiger partial charge < -0.3 is 9.80 Å². The molecule has 1 aromatic carbocycles. The molecule has 0 saturated carbocycles. The number of hydrogen-bond donors (Lipinski definition) is 0. The van der Waals surface area contributed by atoms with Gasteiger partial charge in [0.05, 0.1) is 12.1 Å². The van der Waals surface area contributed by atoms with Gasteiger partial charge in [-0.15, -0.1) is 0 Å². The standard InChI is InChI=1S/C25H30N6O/c32-23(30-13-5-1-2-6-14-30)19-29-15-17-31(18-16-29)25-21-7-3-4-8-22(21)27-24(28-25)20-9-11-26-12-10-20/h3-4,7-12H,1-2,5-6,13-19H2. The van der Waals surface area contributed by atoms with Gasteiger partial charge in [-0.2, -0.15) is 0 Å². The Morgan fingerprint density at radius 1 is 0.812 bits per heavy atom. The van der Waals surface area contributed by atoms with Gasteiger partial charge in [0.2, 0.25) is 5.91 Å². The summed E-state index contributed by atoms with van der Waals surface area (Å²) in [5.41, 5.74) is 1.91. The van der Waals surface area contributed by atoms with Gasteiger partial charge in [0.1, 0.15) is 5.82 Å². The molecule has 0 atom stereocenters. The molecule has 0 aliphatic carbocycles. The van der Waals surface area contributed by atoms with E-state index in [0.717, 1.165) is 80.2 Å². The molecule has 2 aromatic heterocycles. The van der Waals surface area contributed by atoms with Crippen molar-refractivity contribution in [2.45, 2.75) is 25.7 Å². The fourth-order valence-corrected chi connectivity index (χ4v) is 4.66. The van der Waals surface area contributed by atoms with E-state index in [9.17, 15) is 4.79 Å². The van der Waals surface area contributed by atoms with Crippen LogP contribution in [0.15, 0.2) is 48.8 Å². The lowest BCUT2D eigenvalue weighted by Crippen LogP contribution is -2.50. The van der Waals surface area contributed by atoms with Crippen molar-refractivity contribution in [3.8, 4) is 11.4 Å². The van der Waals surface area contributed by atoms with E-state index in [1.165, 1.54) is 12.8 Å². The monoisotopic (exact) mass is 430 g/mol. The van der Waals surface area contributed by atoms with Gasteiger partial charge in [-0.1, -0.05) is 25.0 Å². The lowest BCUT2D eigenvalue weighted by molar-refractivity contribution is -0.132. The first-order chi connectivity index (χ1) is 15.8. The molecule has 166 valence electrons. The smallest absolute Gasteiger partial charge is 0.236 e. The van der Waals surface area contributed by atoms with Crippen molar-refractivity contribution in [1.29, 1.82) is 0 Å². The van der Waals surface area contributed by atoms with E-state index in [0.29, 0.717) is 6.54 Å². The number of pyridine rings is 1. The average Bonchev–Trinajstić information content (AvgIpc) is 3.14. The first kappa shape index (κ1) is 20.8. The predicted octanol–water partition coefficient (Wildman–Crippen LogP) is 3.22. The van der Waals surface area contributed by atoms with Gasteiger partial charge in [-0.25, -0.2) is 9.97 Å². The first-order valence-corrected chi connectivity index (χ1v) is 11.7. The van der Waals surface area contributed by atoms with Crippen LogP contribution in [0.5, 0.6) is 0 Å². The van der Waals surface area contributed by atoms with Gasteiger partial charge in [0.25, 0.3) is 0 Å². The fourth-order valence-electron chi connectivity index (χ4n) is 4.66. The molecule has 3 aromatic rings. The zero-order valence-electron chi connectivity index (χ0n) is 18.5. The number of fused-ring (bicyclic) bond motifs is 1. The van der Waals surface area contributed by atoms with Gasteiger partial charge in [-0.3, -0.25) is 14.7 Å². The number of piperazine rings is 1. The van der Waals surface area contributed by atoms with Crippen molar-refractivity contribution in [2.24, 2.45) is 0 Å². The van der Waals surface area contributed by atoms with Crippen molar-refractivity contribution >= 4 is 22.6 Å². The molecule has 2 fully saturated rings. The Kier molecular flexibility index (Phi) is 6.25. The van der Waals surface area contributed by atoms with Crippen molar-refractivity contribution in [3.05, 3.63) is 48.8 Å². The second-order valence-electron chi connectivity index (χ2n) is 8.68. The molecule has 2 aliphatic heterocycles. The summed E-state index contributed by atoms with van der Waals surface area (Å²) >= 11 is 0. The van der Waals surface area contributed by atoms with Crippen LogP contribution in [-0.2, 0) is 4.79 Å². The molecule has 0 radical (unpaired) electrons. The molecule has 0 bridgehead atoms. The van der Waals surface area contributed by atoms with Crippen molar-refractivity contribution in [2.75, 3.05) is 50.7 Å². The molecule has 4 heterocycles. The normalized spacial score (nSPS) is 18.0. The lowest BCUT2D eigenvalue weighted by Gasteiger charge is -2.36. The Hall–Kier alpha value is -3.06. The minimum absolute atomic E-state index is 0.285. The fraction of sp³-hybridized carbons (Fsp3) is 0.440. The number of para-hydroxylation sites is 1. The molecule has 0 unspecified atom stereocenters. The summed E-state index contributed by atoms with van der Waals surface area (Å²) in [6.07, 6.45) is 8.31. The minimum atomic E-state index is 0.285. The molecule has 7 heteroatoms. The summed E-state index contributed by atoms with van der Waals surface area (Å²) in [5, 5.41) is 1.07. The highest BCUT2D eigenvalue weighted by molar-refractivity contribution is 5.91. The number of hydrogen-bond acceptors (Lipinski definition) is 6. The number of anilines is 1. The van der Waals surface area contributed by atoms with Crippen molar-refractivity contribution < 1.29 is 4.79 Å². The van der Waals surface area contributed by atoms with Crippen LogP contribution in [0.4, 0.5) is 5.82 Å². The van der Waals surface area contributed by atoms with Crippen LogP contribution in [0.1, 0.15) is 25.7 Å². The third-order valence-corrected chi connectivity index (χ3v) is 6.51. The van der Waals surface area contributed by atoms with E-state index in [2.05, 4.69) is 25.8 Å². The number of nitrogens with zero attached hydrogens (tertiary/aromatic N) is 6. The van der Waals surface area contributed by atoms with Gasteiger partial charge in [-0.05, 0) is 37.1 Å². The molecule has 2 aliphatic rings. The molecular formula is C25H30N6O. The van der Waals surface area contributed by atoms with Crippen LogP contribution in [0.25, 0.3) is 22.3 Å². The maximum absolute atomic E-state index is 12.8. The maximum Gasteiger partial charge on any atom is 0.236 e. The predicted molar refractivity (Wildman–Crippen MR) is 126 cm³/mol. The Morgan fingerprint density at radius 2 is 1.53 bits per heavy atom. The average molecular weight is 431 g/mol. The Morgan fingerprint density at radius 3 is 2.28 bits per heavy atom. The number of aromatic nitrogens is 3. The lowest BCUT2D eigenvalue weighted by atomic mass is 10.2. The zero-order valence-corrected chi connectivity index (χ0v) is 18.5. The first-order valence-electron chi connectivity index (χ1n) is 11.7. The van der Waals surface area contributed by atoms with Crippen LogP contribution in [0, 0.1) is 0 Å². The van der Waals surface area contributed by atoms with Crippen LogP contribution in [-0.4, -0.2) is 76.5 Å². The van der Waals surface area contributed by atoms with E-state index in [1.54, 1.807) is 12.4 Å². The van der Waals surface area contributed by atoms with E-state index in [4.69, 9.17) is 9.97 Å². The van der Waals surface area contributed by atoms with E-state index >= 15 is 0 Å². The number of amides is 1. The highest BCUT2D eigenvalue weighted by atomic mass is 16.2. The second-order valence-corrected chi connectivity index (χ2v) is 8.68. The SMILES string of the molecule is O=C(CN1CCN(c2nc(-c3ccncc3)nc3ccccc23)CC1)N1CCCCCC1. The third kappa shape index (κ3) is 4.58. The molecule has 0 spiro atoms. The Balaban J connectivity index is 1.31. The zero-order chi connectivity index (χ0) is 21.8. The summed E-state index contributed by atoms with van der Waals surface area (Å²) in [7, 11) is 0. The van der Waals surface area contributed by atoms with Crippen LogP contribution >= 0.6 is 0 Å². The van der Waals surface area contributed by atoms with E-state index in [-0.39, 0.29) is 5.91 Å². The van der Waals surface area contributed by atoms with Gasteiger partial charge in [0, 0.05) is 62.6 Å². The molecule has 7 nitrogen and oxygen atoms in total. The van der Waals surface area contributed by atoms with Gasteiger partial charge >= 0.3 is 0 Å². The van der Waals surface area contributed by atoms with Crippen molar-refractivity contribution in [1.82, 2.24) is 24.8 Å². The number of rotatable bonds is 4. The summed E-state index contributed by atoms with van der Waals surface area (Å²) in [4.78, 5) is 33.3. The molecule has 32 heavy (non-hydrogen) atoms. The summed E-state index contributed by atoms with van der Waals surface area (Å²) < 4.78 is 0. The summed E-state index contributed by atoms with van der Waals surface area (Å²) in [6.45, 7) is 5.80. The maximum atomic E-state index is 12.8. The minimum Gasteiger partial charge on any atom is -0.353 e. The van der Waals surface area contributed by atoms with Crippen LogP contribution in [0.3, 0.4) is 0 Å². The quantitative estimate of drug-likeness (QED) is 0.633. The topological polar surface area (TPSA) is 65.5 Å². The van der Waals surface area contributed by atoms with Crippen LogP contribution < -0.4 is 4.90 Å². The van der Waals surface area contributed by atoms with E-state index in [1.807, 2.05) is 30.3 Å². The molecule has 5 rings (SSSR count). The van der Waals surface area contributed by atoms with Crippen molar-refractivity contribution in [3.63, 3.8) is 0 Å². The van der Waals surface area contributed by atoms with Gasteiger partial charge in [0.15, 0.2) is 5.82 Å². The number of likely N-dealkylation sites (tertiary alicyclic amines) is 1. The Bertz CT molecular complexity index is 1060. The molecule has 0 N–H and O–H groups in total. The molecule has 2 saturated heterocycles. The number of benzene rings is 1. The second kappa shape index (κ2) is 9.61. The Labute approximate surface area is 189 Å². The number of carbonyl (C=O) groups excluding carboxylic acids is 1. The third-order valence-electron chi connectivity index (χ3n) is 6.51. The van der Waals surface area contributed by atoms with E-state index < -0.39 is 0 Å².